The van der Waals surface area contributed by atoms with Crippen LogP contribution in [-0.4, -0.2) is 116 Å². The zero-order valence-electron chi connectivity index (χ0n) is 64.3. The molecule has 4 atom stereocenters. The number of carbonyl (C=O) groups is 1. The predicted molar refractivity (Wildman–Crippen MR) is 422 cm³/mol. The van der Waals surface area contributed by atoms with Gasteiger partial charge in [0.05, 0.1) is 6.61 Å². The lowest BCUT2D eigenvalue weighted by molar-refractivity contribution is -0.202. The van der Waals surface area contributed by atoms with Gasteiger partial charge in [-0.05, 0) is 199 Å². The SMILES string of the molecule is CCCCC/C=C\C/C=C\CCCCCCCCN(CCCCCCCC/C=C\C/C=C\CCCCC)C(=O)OCC1CCCCN1CC1CC(COC(O)N(CCCCCCCC/C=C\C/C=C\CCCCC)CCCCCCCC/C=C\C/C=C\CCCCC)CN(C)C1. The van der Waals surface area contributed by atoms with Crippen LogP contribution in [0.15, 0.2) is 97.2 Å². The van der Waals surface area contributed by atoms with Gasteiger partial charge in [-0.1, -0.05) is 285 Å². The third-order valence-corrected chi connectivity index (χ3v) is 20.0. The van der Waals surface area contributed by atoms with Crippen LogP contribution in [0.5, 0.6) is 0 Å². The molecular formula is C88H160N4O4. The van der Waals surface area contributed by atoms with Gasteiger partial charge in [-0.3, -0.25) is 9.80 Å². The first-order valence-electron chi connectivity index (χ1n) is 42.0. The van der Waals surface area contributed by atoms with Crippen molar-refractivity contribution in [3.63, 3.8) is 0 Å². The molecule has 8 nitrogen and oxygen atoms in total. The van der Waals surface area contributed by atoms with Crippen molar-refractivity contribution in [2.45, 2.75) is 374 Å². The Morgan fingerprint density at radius 1 is 0.406 bits per heavy atom. The Morgan fingerprint density at radius 3 is 1.09 bits per heavy atom. The van der Waals surface area contributed by atoms with E-state index in [4.69, 9.17) is 9.47 Å². The van der Waals surface area contributed by atoms with Crippen molar-refractivity contribution in [2.75, 3.05) is 72.6 Å². The number of hydrogen-bond donors (Lipinski definition) is 1. The third-order valence-electron chi connectivity index (χ3n) is 20.0. The lowest BCUT2D eigenvalue weighted by Crippen LogP contribution is -2.50. The molecule has 2 heterocycles. The molecule has 1 amide bonds. The summed E-state index contributed by atoms with van der Waals surface area (Å²) in [5.74, 6) is 0.894. The Balaban J connectivity index is 1.91. The summed E-state index contributed by atoms with van der Waals surface area (Å²) in [5.41, 5.74) is 0. The average molecular weight is 1340 g/mol. The van der Waals surface area contributed by atoms with Gasteiger partial charge < -0.3 is 24.4 Å². The van der Waals surface area contributed by atoms with Gasteiger partial charge in [0.25, 0.3) is 0 Å². The Morgan fingerprint density at radius 2 is 0.729 bits per heavy atom. The summed E-state index contributed by atoms with van der Waals surface area (Å²) in [6.45, 7) is 17.8. The van der Waals surface area contributed by atoms with Crippen molar-refractivity contribution in [3.05, 3.63) is 97.2 Å². The standard InChI is InChI=1S/C88H160N4O4/c1-6-10-14-18-22-26-30-34-38-42-46-50-54-58-62-67-73-90(74-68-63-59-55-51-47-43-39-35-31-27-23-19-15-11-7-2)87(93)95-82-85-78-84(79-89(5)80-85)81-92-77-71-66-72-86(92)83-96-88(94)91(75-69-64-60-56-52-48-44-40-36-32-28-24-20-16-12-8-3)76-70-65-61-57-53-49-45-41-37-33-29-25-21-17-13-9-4/h22-29,34-41,84-87,93H,6-21,30-33,42-83H2,1-5H3/b26-22-,27-23-,28-24-,29-25-,38-34-,39-35-,40-36-,41-37-. The number of likely N-dealkylation sites (tertiary alicyclic amines) is 2. The van der Waals surface area contributed by atoms with Crippen LogP contribution in [0.1, 0.15) is 362 Å². The highest BCUT2D eigenvalue weighted by Gasteiger charge is 2.32. The molecule has 2 saturated heterocycles. The van der Waals surface area contributed by atoms with Gasteiger partial charge in [0, 0.05) is 51.9 Å². The van der Waals surface area contributed by atoms with Crippen LogP contribution in [0.4, 0.5) is 4.79 Å². The van der Waals surface area contributed by atoms with Gasteiger partial charge in [0.2, 0.25) is 6.41 Å². The average Bonchev–Trinajstić information content (AvgIpc) is 0.923. The second-order valence-corrected chi connectivity index (χ2v) is 29.4. The molecule has 2 fully saturated rings. The van der Waals surface area contributed by atoms with Crippen LogP contribution in [0.2, 0.25) is 0 Å². The fourth-order valence-electron chi connectivity index (χ4n) is 14.1. The topological polar surface area (TPSA) is 68.7 Å². The van der Waals surface area contributed by atoms with Crippen LogP contribution in [-0.2, 0) is 9.47 Å². The first-order valence-corrected chi connectivity index (χ1v) is 42.0. The largest absolute Gasteiger partial charge is 0.448 e. The molecule has 0 bridgehead atoms. The van der Waals surface area contributed by atoms with E-state index >= 15 is 0 Å². The minimum atomic E-state index is -0.854. The fourth-order valence-corrected chi connectivity index (χ4v) is 14.1. The Kier molecular flexibility index (Phi) is 65.3. The molecule has 0 saturated carbocycles. The molecule has 0 spiro atoms. The number of amides is 1. The molecule has 1 N–H and O–H groups in total. The number of rotatable bonds is 68. The van der Waals surface area contributed by atoms with Crippen LogP contribution in [0.25, 0.3) is 0 Å². The molecular weight excluding hydrogens is 1180 g/mol. The van der Waals surface area contributed by atoms with Gasteiger partial charge in [0.15, 0.2) is 0 Å². The molecule has 4 unspecified atom stereocenters. The van der Waals surface area contributed by atoms with Crippen LogP contribution >= 0.6 is 0 Å². The molecule has 0 aromatic carbocycles. The van der Waals surface area contributed by atoms with E-state index in [1.54, 1.807) is 0 Å². The van der Waals surface area contributed by atoms with Gasteiger partial charge in [-0.25, -0.2) is 4.79 Å². The maximum absolute atomic E-state index is 14.1. The van der Waals surface area contributed by atoms with Crippen molar-refractivity contribution >= 4 is 6.09 Å². The van der Waals surface area contributed by atoms with E-state index in [9.17, 15) is 9.90 Å². The van der Waals surface area contributed by atoms with Crippen molar-refractivity contribution in [2.24, 2.45) is 11.8 Å². The zero-order valence-corrected chi connectivity index (χ0v) is 64.3. The summed E-state index contributed by atoms with van der Waals surface area (Å²) < 4.78 is 12.9. The fraction of sp³-hybridized carbons (Fsp3) is 0.807. The molecule has 8 heteroatoms. The summed E-state index contributed by atoms with van der Waals surface area (Å²) >= 11 is 0. The summed E-state index contributed by atoms with van der Waals surface area (Å²) in [5, 5.41) is 11.8. The molecule has 0 aromatic heterocycles. The van der Waals surface area contributed by atoms with Crippen LogP contribution < -0.4 is 0 Å². The quantitative estimate of drug-likeness (QED) is 0.0370. The second-order valence-electron chi connectivity index (χ2n) is 29.4. The van der Waals surface area contributed by atoms with E-state index in [2.05, 4.69) is 152 Å². The van der Waals surface area contributed by atoms with E-state index < -0.39 is 6.41 Å². The number of ether oxygens (including phenoxy) is 2. The van der Waals surface area contributed by atoms with E-state index in [-0.39, 0.29) is 12.1 Å². The van der Waals surface area contributed by atoms with Gasteiger partial charge in [-0.15, -0.1) is 0 Å². The van der Waals surface area contributed by atoms with Crippen molar-refractivity contribution < 1.29 is 19.4 Å². The molecule has 2 aliphatic heterocycles. The summed E-state index contributed by atoms with van der Waals surface area (Å²) in [7, 11) is 2.27. The summed E-state index contributed by atoms with van der Waals surface area (Å²) in [4.78, 5) is 23.6. The number of aliphatic hydroxyl groups excluding tert-OH is 1. The number of piperidine rings is 2. The monoisotopic (exact) mass is 1340 g/mol. The van der Waals surface area contributed by atoms with Crippen LogP contribution in [0.3, 0.4) is 0 Å². The highest BCUT2D eigenvalue weighted by Crippen LogP contribution is 2.27. The van der Waals surface area contributed by atoms with E-state index in [1.165, 1.54) is 270 Å². The Labute approximate surface area is 597 Å². The summed E-state index contributed by atoms with van der Waals surface area (Å²) in [6, 6.07) is 0.268. The highest BCUT2D eigenvalue weighted by molar-refractivity contribution is 5.67. The molecule has 96 heavy (non-hydrogen) atoms. The predicted octanol–water partition coefficient (Wildman–Crippen LogP) is 25.7. The number of aliphatic hydroxyl groups is 1. The number of hydrogen-bond acceptors (Lipinski definition) is 7. The van der Waals surface area contributed by atoms with Crippen molar-refractivity contribution in [1.82, 2.24) is 19.6 Å². The van der Waals surface area contributed by atoms with E-state index in [0.717, 1.165) is 117 Å². The lowest BCUT2D eigenvalue weighted by atomic mass is 9.88. The first kappa shape index (κ1) is 89.1. The lowest BCUT2D eigenvalue weighted by Gasteiger charge is -2.42. The highest BCUT2D eigenvalue weighted by atomic mass is 16.6. The molecule has 2 rings (SSSR count). The Hall–Kier alpha value is -3.01. The molecule has 0 aliphatic carbocycles. The first-order chi connectivity index (χ1) is 47.4. The van der Waals surface area contributed by atoms with Crippen molar-refractivity contribution in [3.8, 4) is 0 Å². The Bertz CT molecular complexity index is 1810. The smallest absolute Gasteiger partial charge is 0.409 e. The van der Waals surface area contributed by atoms with Gasteiger partial charge >= 0.3 is 6.09 Å². The number of unbranched alkanes of at least 4 members (excludes halogenated alkanes) is 36. The normalized spacial score (nSPS) is 17.4. The minimum absolute atomic E-state index is 0.0926. The number of nitrogens with zero attached hydrogens (tertiary/aromatic N) is 4. The third kappa shape index (κ3) is 56.7. The maximum atomic E-state index is 14.1. The van der Waals surface area contributed by atoms with Crippen LogP contribution in [0, 0.1) is 11.8 Å². The number of carbonyl (C=O) groups excluding carboxylic acids is 1. The summed E-state index contributed by atoms with van der Waals surface area (Å²) in [6.07, 6.45) is 101. The molecule has 556 valence electrons. The van der Waals surface area contributed by atoms with Gasteiger partial charge in [0.1, 0.15) is 6.61 Å². The van der Waals surface area contributed by atoms with E-state index in [0.29, 0.717) is 25.0 Å². The number of allylic oxidation sites excluding steroid dienone is 16. The minimum Gasteiger partial charge on any atom is -0.448 e. The van der Waals surface area contributed by atoms with Gasteiger partial charge in [-0.2, -0.15) is 0 Å². The molecule has 0 radical (unpaired) electrons. The molecule has 2 aliphatic rings. The zero-order chi connectivity index (χ0) is 68.8. The van der Waals surface area contributed by atoms with Crippen molar-refractivity contribution in [1.29, 1.82) is 0 Å². The van der Waals surface area contributed by atoms with E-state index in [1.807, 2.05) is 0 Å². The maximum Gasteiger partial charge on any atom is 0.409 e. The molecule has 0 aromatic rings. The second kappa shape index (κ2) is 70.4.